The molecule has 0 aliphatic carbocycles. The van der Waals surface area contributed by atoms with Gasteiger partial charge < -0.3 is 5.11 Å². The lowest BCUT2D eigenvalue weighted by Crippen LogP contribution is -1.98. The van der Waals surface area contributed by atoms with Gasteiger partial charge >= 0.3 is 0 Å². The monoisotopic (exact) mass is 262 g/mol. The topological polar surface area (TPSA) is 37.3 Å². The lowest BCUT2D eigenvalue weighted by atomic mass is 10.0. The normalized spacial score (nSPS) is 10.6. The van der Waals surface area contributed by atoms with Gasteiger partial charge in [0.05, 0.1) is 0 Å². The highest BCUT2D eigenvalue weighted by molar-refractivity contribution is 5.96. The van der Waals surface area contributed by atoms with E-state index in [9.17, 15) is 4.79 Å². The number of phenolic OH excluding ortho intramolecular Hbond substituents is 1. The van der Waals surface area contributed by atoms with E-state index in [0.717, 1.165) is 12.8 Å². The molecule has 0 radical (unpaired) electrons. The summed E-state index contributed by atoms with van der Waals surface area (Å²) in [5, 5.41) is 9.16. The Kier molecular flexibility index (Phi) is 7.95. The van der Waals surface area contributed by atoms with Crippen molar-refractivity contribution < 1.29 is 9.90 Å². The van der Waals surface area contributed by atoms with Crippen LogP contribution in [0.1, 0.15) is 75.1 Å². The SMILES string of the molecule is CCCCCCCCCCC(=O)c1ccc(O)cc1. The highest BCUT2D eigenvalue weighted by Gasteiger charge is 2.05. The van der Waals surface area contributed by atoms with E-state index in [1.165, 1.54) is 38.5 Å². The van der Waals surface area contributed by atoms with Crippen LogP contribution in [0.4, 0.5) is 0 Å². The van der Waals surface area contributed by atoms with Crippen LogP contribution in [0.25, 0.3) is 0 Å². The predicted molar refractivity (Wildman–Crippen MR) is 79.7 cm³/mol. The van der Waals surface area contributed by atoms with Gasteiger partial charge in [0.1, 0.15) is 5.75 Å². The standard InChI is InChI=1S/C17H26O2/c1-2-3-4-5-6-7-8-9-10-17(19)15-11-13-16(18)14-12-15/h11-14,18H,2-10H2,1H3. The number of hydrogen-bond acceptors (Lipinski definition) is 2. The predicted octanol–water partition coefficient (Wildman–Crippen LogP) is 5.11. The van der Waals surface area contributed by atoms with Crippen molar-refractivity contribution in [2.24, 2.45) is 0 Å². The van der Waals surface area contributed by atoms with Gasteiger partial charge in [0.25, 0.3) is 0 Å². The molecule has 0 unspecified atom stereocenters. The first kappa shape index (κ1) is 15.7. The molecule has 2 nitrogen and oxygen atoms in total. The third-order valence-electron chi connectivity index (χ3n) is 3.45. The number of phenols is 1. The van der Waals surface area contributed by atoms with Crippen molar-refractivity contribution in [3.05, 3.63) is 29.8 Å². The fourth-order valence-electron chi connectivity index (χ4n) is 2.21. The fourth-order valence-corrected chi connectivity index (χ4v) is 2.21. The highest BCUT2D eigenvalue weighted by atomic mass is 16.3. The number of Topliss-reactive ketones (excluding diaryl/α,β-unsaturated/α-hetero) is 1. The zero-order chi connectivity index (χ0) is 13.9. The van der Waals surface area contributed by atoms with Gasteiger partial charge in [0.15, 0.2) is 5.78 Å². The zero-order valence-electron chi connectivity index (χ0n) is 12.0. The van der Waals surface area contributed by atoms with Crippen molar-refractivity contribution >= 4 is 5.78 Å². The first-order chi connectivity index (χ1) is 9.24. The molecule has 0 atom stereocenters. The Morgan fingerprint density at radius 3 is 2.00 bits per heavy atom. The molecule has 19 heavy (non-hydrogen) atoms. The number of rotatable bonds is 10. The van der Waals surface area contributed by atoms with Crippen molar-refractivity contribution in [1.29, 1.82) is 0 Å². The second-order valence-electron chi connectivity index (χ2n) is 5.19. The fraction of sp³-hybridized carbons (Fsp3) is 0.588. The molecule has 0 aliphatic heterocycles. The van der Waals surface area contributed by atoms with Crippen molar-refractivity contribution in [3.63, 3.8) is 0 Å². The van der Waals surface area contributed by atoms with Crippen LogP contribution in [0.5, 0.6) is 5.75 Å². The lowest BCUT2D eigenvalue weighted by Gasteiger charge is -2.02. The van der Waals surface area contributed by atoms with Crippen LogP contribution in [0.3, 0.4) is 0 Å². The lowest BCUT2D eigenvalue weighted by molar-refractivity contribution is 0.0979. The van der Waals surface area contributed by atoms with Crippen LogP contribution in [-0.2, 0) is 0 Å². The summed E-state index contributed by atoms with van der Waals surface area (Å²) in [6.07, 6.45) is 10.6. The Balaban J connectivity index is 2.06. The largest absolute Gasteiger partial charge is 0.508 e. The molecular formula is C17H26O2. The minimum atomic E-state index is 0.186. The van der Waals surface area contributed by atoms with Crippen LogP contribution >= 0.6 is 0 Å². The van der Waals surface area contributed by atoms with E-state index in [0.29, 0.717) is 12.0 Å². The molecule has 0 amide bonds. The van der Waals surface area contributed by atoms with Crippen LogP contribution in [0.15, 0.2) is 24.3 Å². The van der Waals surface area contributed by atoms with Crippen LogP contribution < -0.4 is 0 Å². The minimum Gasteiger partial charge on any atom is -0.508 e. The molecule has 1 N–H and O–H groups in total. The Morgan fingerprint density at radius 1 is 0.895 bits per heavy atom. The van der Waals surface area contributed by atoms with Crippen LogP contribution in [0.2, 0.25) is 0 Å². The van der Waals surface area contributed by atoms with E-state index in [2.05, 4.69) is 6.92 Å². The van der Waals surface area contributed by atoms with Crippen LogP contribution in [0, 0.1) is 0 Å². The summed E-state index contributed by atoms with van der Waals surface area (Å²) in [4.78, 5) is 11.8. The number of hydrogen-bond donors (Lipinski definition) is 1. The molecule has 0 saturated heterocycles. The molecule has 0 fully saturated rings. The molecule has 106 valence electrons. The Bertz CT molecular complexity index is 354. The zero-order valence-corrected chi connectivity index (χ0v) is 12.0. The van der Waals surface area contributed by atoms with Gasteiger partial charge in [0.2, 0.25) is 0 Å². The van der Waals surface area contributed by atoms with Crippen LogP contribution in [-0.4, -0.2) is 10.9 Å². The summed E-state index contributed by atoms with van der Waals surface area (Å²) in [5.41, 5.74) is 0.709. The maximum atomic E-state index is 11.8. The maximum absolute atomic E-state index is 11.8. The molecule has 1 aromatic rings. The molecule has 1 aromatic carbocycles. The molecule has 0 aromatic heterocycles. The highest BCUT2D eigenvalue weighted by Crippen LogP contribution is 2.14. The average molecular weight is 262 g/mol. The molecule has 0 bridgehead atoms. The molecule has 1 rings (SSSR count). The third-order valence-corrected chi connectivity index (χ3v) is 3.45. The Hall–Kier alpha value is -1.31. The Morgan fingerprint density at radius 2 is 1.42 bits per heavy atom. The first-order valence-electron chi connectivity index (χ1n) is 7.56. The van der Waals surface area contributed by atoms with Gasteiger partial charge in [-0.15, -0.1) is 0 Å². The number of aromatic hydroxyl groups is 1. The number of carbonyl (C=O) groups excluding carboxylic acids is 1. The van der Waals surface area contributed by atoms with Crippen molar-refractivity contribution in [1.82, 2.24) is 0 Å². The van der Waals surface area contributed by atoms with Gasteiger partial charge in [-0.3, -0.25) is 4.79 Å². The molecule has 0 saturated carbocycles. The number of unbranched alkanes of at least 4 members (excludes halogenated alkanes) is 7. The maximum Gasteiger partial charge on any atom is 0.162 e. The van der Waals surface area contributed by atoms with Gasteiger partial charge in [-0.25, -0.2) is 0 Å². The second-order valence-corrected chi connectivity index (χ2v) is 5.19. The summed E-state index contributed by atoms with van der Waals surface area (Å²) in [7, 11) is 0. The summed E-state index contributed by atoms with van der Waals surface area (Å²) in [5.74, 6) is 0.398. The van der Waals surface area contributed by atoms with E-state index >= 15 is 0 Å². The summed E-state index contributed by atoms with van der Waals surface area (Å²) in [6, 6.07) is 6.53. The molecule has 0 heterocycles. The van der Waals surface area contributed by atoms with Gasteiger partial charge in [-0.05, 0) is 30.7 Å². The van der Waals surface area contributed by atoms with E-state index in [-0.39, 0.29) is 11.5 Å². The molecular weight excluding hydrogens is 236 g/mol. The van der Waals surface area contributed by atoms with E-state index in [4.69, 9.17) is 5.11 Å². The summed E-state index contributed by atoms with van der Waals surface area (Å²) < 4.78 is 0. The summed E-state index contributed by atoms with van der Waals surface area (Å²) in [6.45, 7) is 2.23. The number of ketones is 1. The minimum absolute atomic E-state index is 0.186. The van der Waals surface area contributed by atoms with Gasteiger partial charge in [-0.2, -0.15) is 0 Å². The quantitative estimate of drug-likeness (QED) is 0.470. The average Bonchev–Trinajstić information content (AvgIpc) is 2.42. The molecule has 2 heteroatoms. The van der Waals surface area contributed by atoms with Crippen molar-refractivity contribution in [3.8, 4) is 5.75 Å². The first-order valence-corrected chi connectivity index (χ1v) is 7.56. The number of carbonyl (C=O) groups is 1. The second kappa shape index (κ2) is 9.60. The van der Waals surface area contributed by atoms with E-state index in [1.54, 1.807) is 24.3 Å². The smallest absolute Gasteiger partial charge is 0.162 e. The molecule has 0 aliphatic rings. The van der Waals surface area contributed by atoms with E-state index in [1.807, 2.05) is 0 Å². The number of benzene rings is 1. The van der Waals surface area contributed by atoms with Crippen molar-refractivity contribution in [2.45, 2.75) is 64.7 Å². The Labute approximate surface area is 116 Å². The molecule has 0 spiro atoms. The van der Waals surface area contributed by atoms with Crippen molar-refractivity contribution in [2.75, 3.05) is 0 Å². The van der Waals surface area contributed by atoms with Gasteiger partial charge in [-0.1, -0.05) is 51.9 Å². The third kappa shape index (κ3) is 7.00. The van der Waals surface area contributed by atoms with E-state index < -0.39 is 0 Å². The summed E-state index contributed by atoms with van der Waals surface area (Å²) >= 11 is 0. The van der Waals surface area contributed by atoms with Gasteiger partial charge in [0, 0.05) is 12.0 Å².